The second-order valence-electron chi connectivity index (χ2n) is 1.97. The van der Waals surface area contributed by atoms with Gasteiger partial charge in [0.1, 0.15) is 0 Å². The van der Waals surface area contributed by atoms with E-state index in [1.807, 2.05) is 6.07 Å². The summed E-state index contributed by atoms with van der Waals surface area (Å²) in [4.78, 5) is 0. The molecule has 1 rings (SSSR count). The minimum absolute atomic E-state index is 0. The molecule has 4 heteroatoms. The predicted octanol–water partition coefficient (Wildman–Crippen LogP) is 1.21. The average Bonchev–Trinajstić information content (AvgIpc) is 1.88. The van der Waals surface area contributed by atoms with Gasteiger partial charge in [0.25, 0.3) is 21.7 Å². The van der Waals surface area contributed by atoms with Gasteiger partial charge in [0.15, 0.2) is 11.6 Å². The lowest BCUT2D eigenvalue weighted by Crippen LogP contribution is -2.02. The van der Waals surface area contributed by atoms with Crippen LogP contribution in [0.4, 0.5) is 4.39 Å². The van der Waals surface area contributed by atoms with Crippen LogP contribution in [-0.4, -0.2) is 28.8 Å². The van der Waals surface area contributed by atoms with Gasteiger partial charge in [-0.2, -0.15) is 0 Å². The molecular weight excluding hydrogens is 223 g/mol. The van der Waals surface area contributed by atoms with Crippen LogP contribution in [0.3, 0.4) is 0 Å². The fourth-order valence-corrected chi connectivity index (χ4v) is 1.01. The Hall–Kier alpha value is 0.196. The summed E-state index contributed by atoms with van der Waals surface area (Å²) in [5, 5.41) is 0. The molecule has 11 heavy (non-hydrogen) atoms. The van der Waals surface area contributed by atoms with Crippen molar-refractivity contribution in [2.75, 3.05) is 7.11 Å². The minimum Gasteiger partial charge on any atom is -0.494 e. The molecule has 0 fully saturated rings. The fraction of sp³-hybridized carbons (Fsp3) is 0.143. The molecule has 0 saturated carbocycles. The molecule has 0 N–H and O–H groups in total. The van der Waals surface area contributed by atoms with E-state index < -0.39 is 0 Å². The zero-order valence-electron chi connectivity index (χ0n) is 6.13. The van der Waals surface area contributed by atoms with Gasteiger partial charge in [-0.05, 0) is 6.07 Å². The summed E-state index contributed by atoms with van der Waals surface area (Å²) in [5.74, 6) is 0.00500. The molecule has 0 aromatic heterocycles. The van der Waals surface area contributed by atoms with Crippen molar-refractivity contribution in [1.29, 1.82) is 0 Å². The van der Waals surface area contributed by atoms with Gasteiger partial charge in [-0.1, -0.05) is 12.1 Å². The van der Waals surface area contributed by atoms with Gasteiger partial charge < -0.3 is 4.74 Å². The van der Waals surface area contributed by atoms with Crippen LogP contribution in [0, 0.1) is 5.82 Å². The highest BCUT2D eigenvalue weighted by Gasteiger charge is 1.97. The van der Waals surface area contributed by atoms with Crippen molar-refractivity contribution in [3.8, 4) is 5.75 Å². The van der Waals surface area contributed by atoms with E-state index in [1.54, 1.807) is 27.8 Å². The highest BCUT2D eigenvalue weighted by Crippen LogP contribution is 2.12. The van der Waals surface area contributed by atoms with Crippen molar-refractivity contribution in [2.24, 2.45) is 0 Å². The summed E-state index contributed by atoms with van der Waals surface area (Å²) in [5.41, 5.74) is 0. The van der Waals surface area contributed by atoms with Gasteiger partial charge in [0.2, 0.25) is 0 Å². The number of ether oxygens (including phenoxy) is 1. The number of rotatable bonds is 1. The Bertz CT molecular complexity index is 242. The molecule has 0 aliphatic heterocycles. The Balaban J connectivity index is 0.000001000. The van der Waals surface area contributed by atoms with Gasteiger partial charge in [0, 0.05) is 0 Å². The van der Waals surface area contributed by atoms with E-state index >= 15 is 0 Å². The van der Waals surface area contributed by atoms with Crippen molar-refractivity contribution >= 4 is 42.4 Å². The molecule has 0 saturated heterocycles. The molecule has 0 atom stereocenters. The Morgan fingerprint density at radius 3 is 2.55 bits per heavy atom. The molecule has 1 nitrogen and oxygen atoms in total. The van der Waals surface area contributed by atoms with Crippen LogP contribution in [0.5, 0.6) is 5.75 Å². The van der Waals surface area contributed by atoms with E-state index in [0.717, 1.165) is 3.69 Å². The van der Waals surface area contributed by atoms with Gasteiger partial charge in [-0.15, -0.1) is 17.0 Å². The summed E-state index contributed by atoms with van der Waals surface area (Å²) in [6, 6.07) is 4.90. The first-order chi connectivity index (χ1) is 4.74. The molecule has 1 aromatic rings. The Labute approximate surface area is 88.1 Å². The molecule has 0 aliphatic rings. The lowest BCUT2D eigenvalue weighted by Gasteiger charge is -2.01. The van der Waals surface area contributed by atoms with Crippen molar-refractivity contribution in [3.05, 3.63) is 24.0 Å². The zero-order valence-corrected chi connectivity index (χ0v) is 9.26. The molecule has 57 valence electrons. The third kappa shape index (κ3) is 2.97. The van der Waals surface area contributed by atoms with E-state index in [-0.39, 0.29) is 22.8 Å². The van der Waals surface area contributed by atoms with Crippen molar-refractivity contribution in [1.82, 2.24) is 0 Å². The van der Waals surface area contributed by atoms with Gasteiger partial charge in [-0.3, -0.25) is 0 Å². The maximum Gasteiger partial charge on any atom is 0.276 e. The van der Waals surface area contributed by atoms with Gasteiger partial charge in [0.05, 0.1) is 7.11 Å². The molecule has 0 unspecified atom stereocenters. The third-order valence-corrected chi connectivity index (χ3v) is 1.66. The van der Waals surface area contributed by atoms with Crippen LogP contribution < -0.4 is 8.43 Å². The van der Waals surface area contributed by atoms with E-state index in [2.05, 4.69) is 0 Å². The topological polar surface area (TPSA) is 9.23 Å². The van der Waals surface area contributed by atoms with Gasteiger partial charge >= 0.3 is 0 Å². The Morgan fingerprint density at radius 2 is 2.09 bits per heavy atom. The number of benzene rings is 1. The fourth-order valence-electron chi connectivity index (χ4n) is 0.710. The highest BCUT2D eigenvalue weighted by molar-refractivity contribution is 8.93. The largest absolute Gasteiger partial charge is 0.494 e. The average molecular weight is 230 g/mol. The second kappa shape index (κ2) is 4.95. The predicted molar refractivity (Wildman–Crippen MR) is 48.7 cm³/mol. The van der Waals surface area contributed by atoms with E-state index in [0.29, 0.717) is 5.75 Å². The number of hydrogen-bond donors (Lipinski definition) is 0. The summed E-state index contributed by atoms with van der Waals surface area (Å²) in [6.07, 6.45) is 0. The highest BCUT2D eigenvalue weighted by atomic mass is 79.9. The number of halogens is 2. The van der Waals surface area contributed by atoms with E-state index in [4.69, 9.17) is 4.74 Å². The monoisotopic (exact) mass is 229 g/mol. The number of hydrogen-bond acceptors (Lipinski definition) is 1. The van der Waals surface area contributed by atoms with Crippen molar-refractivity contribution in [3.63, 3.8) is 0 Å². The lowest BCUT2D eigenvalue weighted by atomic mass is 10.3. The minimum atomic E-state index is -0.296. The lowest BCUT2D eigenvalue weighted by molar-refractivity contribution is 0.387. The summed E-state index contributed by atoms with van der Waals surface area (Å²) in [7, 11) is 1.45. The van der Waals surface area contributed by atoms with E-state index in [9.17, 15) is 4.39 Å². The molecular formula is C7H7BrFMgO. The molecule has 1 aromatic carbocycles. The molecule has 0 aliphatic carbocycles. The van der Waals surface area contributed by atoms with Crippen LogP contribution in [0.25, 0.3) is 0 Å². The first-order valence-electron chi connectivity index (χ1n) is 2.89. The van der Waals surface area contributed by atoms with Crippen LogP contribution in [0.15, 0.2) is 18.2 Å². The standard InChI is InChI=1S/C7H6FO.BrH.Mg/c1-9-7-5-3-2-4-6(7)8;;/h3-5H,1H3;1H;. The van der Waals surface area contributed by atoms with Crippen molar-refractivity contribution < 1.29 is 9.13 Å². The quantitative estimate of drug-likeness (QED) is 0.659. The Kier molecular flexibility index (Phi) is 5.04. The molecule has 0 heterocycles. The van der Waals surface area contributed by atoms with Crippen LogP contribution in [0.1, 0.15) is 0 Å². The molecule has 0 bridgehead atoms. The van der Waals surface area contributed by atoms with Crippen molar-refractivity contribution in [2.45, 2.75) is 0 Å². The first-order valence-corrected chi connectivity index (χ1v) is 3.60. The smallest absolute Gasteiger partial charge is 0.276 e. The van der Waals surface area contributed by atoms with Crippen LogP contribution in [0.2, 0.25) is 0 Å². The van der Waals surface area contributed by atoms with E-state index in [1.165, 1.54) is 13.2 Å². The normalized spacial score (nSPS) is 8.45. The third-order valence-electron chi connectivity index (χ3n) is 1.22. The molecule has 0 spiro atoms. The maximum atomic E-state index is 12.7. The summed E-state index contributed by atoms with van der Waals surface area (Å²) < 4.78 is 18.4. The SMILES string of the molecule is Br.COc1cc[c]([Mg])cc1F. The van der Waals surface area contributed by atoms with Gasteiger partial charge in [-0.25, -0.2) is 8.08 Å². The Morgan fingerprint density at radius 1 is 1.45 bits per heavy atom. The van der Waals surface area contributed by atoms with Crippen LogP contribution in [-0.2, 0) is 0 Å². The summed E-state index contributed by atoms with van der Waals surface area (Å²) in [6.45, 7) is 0. The second-order valence-corrected chi connectivity index (χ2v) is 2.79. The molecule has 1 radical (unpaired) electrons. The first kappa shape index (κ1) is 11.2. The molecule has 0 amide bonds. The maximum absolute atomic E-state index is 12.7. The van der Waals surface area contributed by atoms with Crippen LogP contribution >= 0.6 is 17.0 Å². The zero-order chi connectivity index (χ0) is 7.56. The number of methoxy groups -OCH3 is 1. The summed E-state index contributed by atoms with van der Waals surface area (Å²) >= 11 is 1.64.